The van der Waals surface area contributed by atoms with Crippen molar-refractivity contribution in [3.05, 3.63) is 0 Å². The van der Waals surface area contributed by atoms with Gasteiger partial charge in [-0.1, -0.05) is 6.92 Å². The lowest BCUT2D eigenvalue weighted by atomic mass is 9.85. The first-order valence-electron chi connectivity index (χ1n) is 9.25. The van der Waals surface area contributed by atoms with Gasteiger partial charge in [-0.05, 0) is 71.4 Å². The van der Waals surface area contributed by atoms with Crippen LogP contribution in [0, 0.1) is 5.92 Å². The van der Waals surface area contributed by atoms with Gasteiger partial charge in [-0.3, -0.25) is 4.90 Å². The van der Waals surface area contributed by atoms with Crippen LogP contribution >= 0.6 is 0 Å². The van der Waals surface area contributed by atoms with Gasteiger partial charge in [0.15, 0.2) is 0 Å². The van der Waals surface area contributed by atoms with E-state index < -0.39 is 0 Å². The minimum absolute atomic E-state index is 0.409. The van der Waals surface area contributed by atoms with Gasteiger partial charge in [0.2, 0.25) is 0 Å². The van der Waals surface area contributed by atoms with Crippen LogP contribution in [0.15, 0.2) is 0 Å². The van der Waals surface area contributed by atoms with Crippen LogP contribution in [0.5, 0.6) is 0 Å². The molecule has 3 aliphatic rings. The van der Waals surface area contributed by atoms with Crippen molar-refractivity contribution in [3.8, 4) is 0 Å². The Labute approximate surface area is 131 Å². The highest BCUT2D eigenvalue weighted by Crippen LogP contribution is 2.30. The van der Waals surface area contributed by atoms with E-state index in [0.29, 0.717) is 12.2 Å². The highest BCUT2D eigenvalue weighted by Gasteiger charge is 2.32. The van der Waals surface area contributed by atoms with Gasteiger partial charge in [0.25, 0.3) is 0 Å². The zero-order valence-electron chi connectivity index (χ0n) is 14.3. The van der Waals surface area contributed by atoms with Crippen molar-refractivity contribution in [1.29, 1.82) is 0 Å². The van der Waals surface area contributed by atoms with Gasteiger partial charge in [-0.15, -0.1) is 0 Å². The van der Waals surface area contributed by atoms with E-state index >= 15 is 0 Å². The summed E-state index contributed by atoms with van der Waals surface area (Å²) in [6.45, 7) is 11.8. The topological polar surface area (TPSA) is 15.7 Å². The van der Waals surface area contributed by atoms with Crippen LogP contribution in [0.2, 0.25) is 0 Å². The zero-order valence-corrected chi connectivity index (χ0v) is 14.3. The second-order valence-electron chi connectivity index (χ2n) is 7.89. The fraction of sp³-hybridized carbons (Fsp3) is 1.00. The SMILES string of the molecule is CC1CCC(N2CCC(N3C[C@H](C)O[C@@H](C)C3)CC2)CC1. The summed E-state index contributed by atoms with van der Waals surface area (Å²) in [6, 6.07) is 1.70. The van der Waals surface area contributed by atoms with E-state index in [2.05, 4.69) is 30.6 Å². The summed E-state index contributed by atoms with van der Waals surface area (Å²) in [6.07, 6.45) is 9.33. The van der Waals surface area contributed by atoms with Gasteiger partial charge >= 0.3 is 0 Å². The molecule has 0 radical (unpaired) electrons. The number of ether oxygens (including phenoxy) is 1. The Bertz CT molecular complexity index is 309. The number of hydrogen-bond donors (Lipinski definition) is 0. The molecule has 0 amide bonds. The van der Waals surface area contributed by atoms with Crippen molar-refractivity contribution in [1.82, 2.24) is 9.80 Å². The third-order valence-corrected chi connectivity index (χ3v) is 5.97. The largest absolute Gasteiger partial charge is 0.373 e. The summed E-state index contributed by atoms with van der Waals surface area (Å²) in [5, 5.41) is 0. The van der Waals surface area contributed by atoms with Crippen LogP contribution in [0.25, 0.3) is 0 Å². The molecule has 3 fully saturated rings. The number of likely N-dealkylation sites (tertiary alicyclic amines) is 1. The molecule has 0 aromatic heterocycles. The van der Waals surface area contributed by atoms with E-state index in [1.54, 1.807) is 0 Å². The first kappa shape index (κ1) is 15.8. The second kappa shape index (κ2) is 6.97. The molecule has 3 heteroatoms. The van der Waals surface area contributed by atoms with Crippen LogP contribution in [0.1, 0.15) is 59.3 Å². The third-order valence-electron chi connectivity index (χ3n) is 5.97. The van der Waals surface area contributed by atoms with Gasteiger partial charge < -0.3 is 9.64 Å². The average Bonchev–Trinajstić information content (AvgIpc) is 2.47. The number of morpholine rings is 1. The molecule has 1 saturated carbocycles. The number of hydrogen-bond acceptors (Lipinski definition) is 3. The third kappa shape index (κ3) is 4.00. The quantitative estimate of drug-likeness (QED) is 0.778. The minimum atomic E-state index is 0.409. The van der Waals surface area contributed by atoms with Crippen LogP contribution in [-0.2, 0) is 4.74 Å². The smallest absolute Gasteiger partial charge is 0.0678 e. The zero-order chi connectivity index (χ0) is 14.8. The maximum absolute atomic E-state index is 5.88. The lowest BCUT2D eigenvalue weighted by molar-refractivity contribution is -0.0878. The second-order valence-corrected chi connectivity index (χ2v) is 7.89. The Balaban J connectivity index is 1.46. The predicted molar refractivity (Wildman–Crippen MR) is 87.6 cm³/mol. The maximum atomic E-state index is 5.88. The van der Waals surface area contributed by atoms with Gasteiger partial charge in [-0.25, -0.2) is 0 Å². The standard InChI is InChI=1S/C18H34N2O/c1-14-4-6-17(7-5-14)19-10-8-18(9-11-19)20-12-15(2)21-16(3)13-20/h14-18H,4-13H2,1-3H3/t14?,15-,16-,17?/m0/s1. The van der Waals surface area contributed by atoms with Crippen molar-refractivity contribution in [2.24, 2.45) is 5.92 Å². The van der Waals surface area contributed by atoms with Gasteiger partial charge in [0.05, 0.1) is 12.2 Å². The lowest BCUT2D eigenvalue weighted by Gasteiger charge is -2.46. The molecule has 21 heavy (non-hydrogen) atoms. The number of piperidine rings is 1. The molecule has 3 rings (SSSR count). The molecule has 0 aromatic carbocycles. The van der Waals surface area contributed by atoms with Crippen molar-refractivity contribution in [3.63, 3.8) is 0 Å². The fourth-order valence-corrected chi connectivity index (χ4v) is 4.74. The Morgan fingerprint density at radius 3 is 1.76 bits per heavy atom. The molecule has 3 nitrogen and oxygen atoms in total. The number of nitrogens with zero attached hydrogens (tertiary/aromatic N) is 2. The van der Waals surface area contributed by atoms with Crippen molar-refractivity contribution in [2.75, 3.05) is 26.2 Å². The Hall–Kier alpha value is -0.120. The molecule has 1 aliphatic carbocycles. The highest BCUT2D eigenvalue weighted by atomic mass is 16.5. The molecule has 0 bridgehead atoms. The number of rotatable bonds is 2. The van der Waals surface area contributed by atoms with Crippen LogP contribution in [0.4, 0.5) is 0 Å². The van der Waals surface area contributed by atoms with E-state index in [4.69, 9.17) is 4.74 Å². The van der Waals surface area contributed by atoms with Gasteiger partial charge in [-0.2, -0.15) is 0 Å². The van der Waals surface area contributed by atoms with E-state index in [-0.39, 0.29) is 0 Å². The predicted octanol–water partition coefficient (Wildman–Crippen LogP) is 3.14. The molecule has 2 atom stereocenters. The Morgan fingerprint density at radius 1 is 0.667 bits per heavy atom. The molecule has 0 spiro atoms. The van der Waals surface area contributed by atoms with E-state index in [1.165, 1.54) is 51.6 Å². The summed E-state index contributed by atoms with van der Waals surface area (Å²) in [4.78, 5) is 5.51. The van der Waals surface area contributed by atoms with Crippen molar-refractivity contribution in [2.45, 2.75) is 83.6 Å². The molecule has 0 aromatic rings. The molecular weight excluding hydrogens is 260 g/mol. The van der Waals surface area contributed by atoms with Gasteiger partial charge in [0.1, 0.15) is 0 Å². The van der Waals surface area contributed by atoms with Crippen LogP contribution < -0.4 is 0 Å². The Kier molecular flexibility index (Phi) is 5.23. The summed E-state index contributed by atoms with van der Waals surface area (Å²) in [5.74, 6) is 0.968. The molecule has 0 N–H and O–H groups in total. The first-order valence-corrected chi connectivity index (χ1v) is 9.25. The highest BCUT2D eigenvalue weighted by molar-refractivity contribution is 4.87. The van der Waals surface area contributed by atoms with Gasteiger partial charge in [0, 0.05) is 25.2 Å². The van der Waals surface area contributed by atoms with Crippen LogP contribution in [0.3, 0.4) is 0 Å². The summed E-state index contributed by atoms with van der Waals surface area (Å²) in [7, 11) is 0. The first-order chi connectivity index (χ1) is 10.1. The van der Waals surface area contributed by atoms with Crippen molar-refractivity contribution >= 4 is 0 Å². The molecule has 2 saturated heterocycles. The molecular formula is C18H34N2O. The van der Waals surface area contributed by atoms with Crippen molar-refractivity contribution < 1.29 is 4.74 Å². The Morgan fingerprint density at radius 2 is 1.19 bits per heavy atom. The van der Waals surface area contributed by atoms with Crippen LogP contribution in [-0.4, -0.2) is 60.3 Å². The summed E-state index contributed by atoms with van der Waals surface area (Å²) >= 11 is 0. The fourth-order valence-electron chi connectivity index (χ4n) is 4.74. The maximum Gasteiger partial charge on any atom is 0.0678 e. The summed E-state index contributed by atoms with van der Waals surface area (Å²) in [5.41, 5.74) is 0. The normalized spacial score (nSPS) is 41.3. The van der Waals surface area contributed by atoms with E-state index in [1.807, 2.05) is 0 Å². The summed E-state index contributed by atoms with van der Waals surface area (Å²) < 4.78 is 5.88. The molecule has 122 valence electrons. The monoisotopic (exact) mass is 294 g/mol. The molecule has 0 unspecified atom stereocenters. The lowest BCUT2D eigenvalue weighted by Crippen LogP contribution is -2.54. The molecule has 2 aliphatic heterocycles. The minimum Gasteiger partial charge on any atom is -0.373 e. The van der Waals surface area contributed by atoms with E-state index in [0.717, 1.165) is 31.1 Å². The molecule has 2 heterocycles. The average molecular weight is 294 g/mol. The van der Waals surface area contributed by atoms with E-state index in [9.17, 15) is 0 Å².